The molecule has 1 saturated heterocycles. The minimum Gasteiger partial charge on any atom is -0.389 e. The first-order valence-corrected chi connectivity index (χ1v) is 7.13. The van der Waals surface area contributed by atoms with Crippen molar-refractivity contribution in [3.63, 3.8) is 0 Å². The van der Waals surface area contributed by atoms with Crippen LogP contribution in [0.5, 0.6) is 0 Å². The van der Waals surface area contributed by atoms with Crippen LogP contribution in [0.4, 0.5) is 0 Å². The first kappa shape index (κ1) is 13.7. The number of hydrogen-bond acceptors (Lipinski definition) is 2. The Bertz CT molecular complexity index is 334. The molecule has 4 nitrogen and oxygen atoms in total. The Balaban J connectivity index is 2.05. The topological polar surface area (TPSA) is 61.8 Å². The minimum atomic E-state index is -0.434. The van der Waals surface area contributed by atoms with Crippen molar-refractivity contribution in [2.24, 2.45) is 16.6 Å². The predicted octanol–water partition coefficient (Wildman–Crippen LogP) is 1.73. The minimum absolute atomic E-state index is 0.135. The van der Waals surface area contributed by atoms with Gasteiger partial charge in [0.05, 0.1) is 11.1 Å². The van der Waals surface area contributed by atoms with Crippen molar-refractivity contribution in [2.75, 3.05) is 13.1 Å². The quantitative estimate of drug-likeness (QED) is 0.510. The Hall–Kier alpha value is -0.770. The summed E-state index contributed by atoms with van der Waals surface area (Å²) in [7, 11) is 0. The summed E-state index contributed by atoms with van der Waals surface area (Å²) < 4.78 is 0. The van der Waals surface area contributed by atoms with Crippen LogP contribution < -0.4 is 5.73 Å². The van der Waals surface area contributed by atoms with E-state index in [1.165, 1.54) is 12.8 Å². The number of nitrogens with zero attached hydrogens (tertiary/aromatic N) is 2. The van der Waals surface area contributed by atoms with Crippen molar-refractivity contribution in [3.05, 3.63) is 0 Å². The van der Waals surface area contributed by atoms with Gasteiger partial charge in [0, 0.05) is 19.0 Å². The van der Waals surface area contributed by atoms with Crippen molar-refractivity contribution >= 4 is 5.96 Å². The lowest BCUT2D eigenvalue weighted by Gasteiger charge is -2.47. The molecule has 0 spiro atoms. The third-order valence-corrected chi connectivity index (χ3v) is 4.20. The molecule has 0 bridgehead atoms. The highest BCUT2D eigenvalue weighted by Gasteiger charge is 2.43. The van der Waals surface area contributed by atoms with E-state index in [1.54, 1.807) is 0 Å². The highest BCUT2D eigenvalue weighted by atomic mass is 16.3. The predicted molar refractivity (Wildman–Crippen MR) is 74.5 cm³/mol. The van der Waals surface area contributed by atoms with E-state index < -0.39 is 5.60 Å². The molecule has 0 radical (unpaired) electrons. The second kappa shape index (κ2) is 4.72. The monoisotopic (exact) mass is 253 g/mol. The molecule has 1 saturated carbocycles. The second-order valence-electron chi connectivity index (χ2n) is 6.88. The van der Waals surface area contributed by atoms with Gasteiger partial charge in [-0.15, -0.1) is 0 Å². The summed E-state index contributed by atoms with van der Waals surface area (Å²) in [5.41, 5.74) is 5.53. The van der Waals surface area contributed by atoms with Gasteiger partial charge in [-0.05, 0) is 40.0 Å². The molecule has 104 valence electrons. The first-order chi connectivity index (χ1) is 8.30. The maximum absolute atomic E-state index is 10.6. The van der Waals surface area contributed by atoms with Gasteiger partial charge in [-0.25, -0.2) is 4.99 Å². The van der Waals surface area contributed by atoms with Gasteiger partial charge < -0.3 is 15.7 Å². The van der Waals surface area contributed by atoms with Gasteiger partial charge in [-0.1, -0.05) is 12.8 Å². The molecule has 3 N–H and O–H groups in total. The first-order valence-electron chi connectivity index (χ1n) is 7.13. The zero-order chi connectivity index (χ0) is 13.4. The van der Waals surface area contributed by atoms with E-state index in [4.69, 9.17) is 5.73 Å². The summed E-state index contributed by atoms with van der Waals surface area (Å²) in [6.07, 6.45) is 5.31. The number of aliphatic hydroxyl groups is 1. The van der Waals surface area contributed by atoms with Crippen molar-refractivity contribution in [2.45, 2.75) is 64.0 Å². The number of hydrogen-bond donors (Lipinski definition) is 2. The van der Waals surface area contributed by atoms with Crippen molar-refractivity contribution in [1.82, 2.24) is 4.90 Å². The van der Waals surface area contributed by atoms with Gasteiger partial charge in [0.15, 0.2) is 5.96 Å². The standard InChI is InChI=1S/C14H27N3O/c1-13(2,3)16-12(15)17-9-8-14(18)7-5-4-6-11(14)10-17/h11,18H,4-10H2,1-3H3,(H2,15,16). The van der Waals surface area contributed by atoms with Crippen LogP contribution in [0.15, 0.2) is 4.99 Å². The Morgan fingerprint density at radius 2 is 2.06 bits per heavy atom. The molecular weight excluding hydrogens is 226 g/mol. The third kappa shape index (κ3) is 2.97. The van der Waals surface area contributed by atoms with Crippen molar-refractivity contribution in [3.8, 4) is 0 Å². The van der Waals surface area contributed by atoms with Gasteiger partial charge in [-0.3, -0.25) is 0 Å². The fraction of sp³-hybridized carbons (Fsp3) is 0.929. The van der Waals surface area contributed by atoms with E-state index in [9.17, 15) is 5.11 Å². The molecule has 0 aromatic heterocycles. The molecule has 0 amide bonds. The number of piperidine rings is 1. The van der Waals surface area contributed by atoms with Crippen LogP contribution >= 0.6 is 0 Å². The number of guanidine groups is 1. The number of rotatable bonds is 0. The Morgan fingerprint density at radius 3 is 2.72 bits per heavy atom. The summed E-state index contributed by atoms with van der Waals surface area (Å²) in [6, 6.07) is 0. The molecule has 2 rings (SSSR count). The van der Waals surface area contributed by atoms with Crippen LogP contribution in [0.3, 0.4) is 0 Å². The summed E-state index contributed by atoms with van der Waals surface area (Å²) in [5, 5.41) is 10.6. The number of fused-ring (bicyclic) bond motifs is 1. The highest BCUT2D eigenvalue weighted by Crippen LogP contribution is 2.39. The zero-order valence-corrected chi connectivity index (χ0v) is 11.9. The molecule has 18 heavy (non-hydrogen) atoms. The van der Waals surface area contributed by atoms with Gasteiger partial charge in [0.1, 0.15) is 0 Å². The lowest BCUT2D eigenvalue weighted by molar-refractivity contribution is -0.0842. The molecule has 2 fully saturated rings. The van der Waals surface area contributed by atoms with E-state index in [0.29, 0.717) is 11.9 Å². The van der Waals surface area contributed by atoms with E-state index in [0.717, 1.165) is 32.4 Å². The third-order valence-electron chi connectivity index (χ3n) is 4.20. The van der Waals surface area contributed by atoms with Gasteiger partial charge in [0.2, 0.25) is 0 Å². The lowest BCUT2D eigenvalue weighted by atomic mass is 9.71. The summed E-state index contributed by atoms with van der Waals surface area (Å²) in [6.45, 7) is 7.86. The van der Waals surface area contributed by atoms with Gasteiger partial charge >= 0.3 is 0 Å². The SMILES string of the molecule is CC(C)(C)N=C(N)N1CCC2(O)CCCCC2C1. The van der Waals surface area contributed by atoms with Gasteiger partial charge in [-0.2, -0.15) is 0 Å². The Labute approximate surface area is 110 Å². The van der Waals surface area contributed by atoms with E-state index in [-0.39, 0.29) is 5.54 Å². The zero-order valence-electron chi connectivity index (χ0n) is 11.9. The average Bonchev–Trinajstić information content (AvgIpc) is 2.25. The van der Waals surface area contributed by atoms with E-state index >= 15 is 0 Å². The van der Waals surface area contributed by atoms with E-state index in [1.807, 2.05) is 0 Å². The van der Waals surface area contributed by atoms with Crippen LogP contribution in [0.1, 0.15) is 52.9 Å². The molecule has 2 atom stereocenters. The van der Waals surface area contributed by atoms with Crippen LogP contribution in [-0.2, 0) is 0 Å². The smallest absolute Gasteiger partial charge is 0.191 e. The maximum atomic E-state index is 10.6. The molecule has 2 unspecified atom stereocenters. The van der Waals surface area contributed by atoms with E-state index in [2.05, 4.69) is 30.7 Å². The lowest BCUT2D eigenvalue weighted by Crippen LogP contribution is -2.56. The summed E-state index contributed by atoms with van der Waals surface area (Å²) in [5.74, 6) is 1.00. The molecule has 1 heterocycles. The Morgan fingerprint density at radius 1 is 1.33 bits per heavy atom. The van der Waals surface area contributed by atoms with Crippen LogP contribution in [0.25, 0.3) is 0 Å². The van der Waals surface area contributed by atoms with Crippen LogP contribution in [-0.4, -0.2) is 40.2 Å². The number of nitrogens with two attached hydrogens (primary N) is 1. The molecule has 4 heteroatoms. The summed E-state index contributed by atoms with van der Waals surface area (Å²) >= 11 is 0. The molecule has 1 aliphatic carbocycles. The van der Waals surface area contributed by atoms with Gasteiger partial charge in [0.25, 0.3) is 0 Å². The molecular formula is C14H27N3O. The number of aliphatic imine (C=N–C) groups is 1. The van der Waals surface area contributed by atoms with Crippen molar-refractivity contribution < 1.29 is 5.11 Å². The fourth-order valence-electron chi connectivity index (χ4n) is 3.19. The molecule has 0 aromatic carbocycles. The second-order valence-corrected chi connectivity index (χ2v) is 6.88. The van der Waals surface area contributed by atoms with Crippen LogP contribution in [0.2, 0.25) is 0 Å². The highest BCUT2D eigenvalue weighted by molar-refractivity contribution is 5.78. The fourth-order valence-corrected chi connectivity index (χ4v) is 3.19. The van der Waals surface area contributed by atoms with Crippen LogP contribution in [0, 0.1) is 5.92 Å². The molecule has 0 aromatic rings. The van der Waals surface area contributed by atoms with Crippen molar-refractivity contribution in [1.29, 1.82) is 0 Å². The maximum Gasteiger partial charge on any atom is 0.191 e. The Kier molecular flexibility index (Phi) is 3.58. The largest absolute Gasteiger partial charge is 0.389 e. The summed E-state index contributed by atoms with van der Waals surface area (Å²) in [4.78, 5) is 6.68. The molecule has 1 aliphatic heterocycles. The average molecular weight is 253 g/mol. The number of likely N-dealkylation sites (tertiary alicyclic amines) is 1. The normalized spacial score (nSPS) is 34.3. The molecule has 2 aliphatic rings.